The number of carboxylic acids is 1. The summed E-state index contributed by atoms with van der Waals surface area (Å²) in [6.45, 7) is 3.76. The lowest BCUT2D eigenvalue weighted by atomic mass is 10.1. The Kier molecular flexibility index (Phi) is 3.76. The van der Waals surface area contributed by atoms with Crippen molar-refractivity contribution in [3.63, 3.8) is 0 Å². The minimum absolute atomic E-state index is 0.000287. The van der Waals surface area contributed by atoms with Crippen molar-refractivity contribution in [2.75, 3.05) is 0 Å². The van der Waals surface area contributed by atoms with Crippen LogP contribution in [0.4, 0.5) is 0 Å². The Bertz CT molecular complexity index is 684. The standard InChI is InChI=1S/C14H16N2O4/c1-9(2)15-7-8-16(14(15)20)11-6-4-3-5-10(11)12(17)13(18)19/h3-9,12,17H,1-2H3,(H,18,19). The summed E-state index contributed by atoms with van der Waals surface area (Å²) in [5, 5.41) is 18.7. The highest BCUT2D eigenvalue weighted by atomic mass is 16.4. The molecule has 0 saturated heterocycles. The predicted molar refractivity (Wildman–Crippen MR) is 73.0 cm³/mol. The molecule has 6 nitrogen and oxygen atoms in total. The maximum atomic E-state index is 12.3. The van der Waals surface area contributed by atoms with E-state index in [0.29, 0.717) is 5.69 Å². The first kappa shape index (κ1) is 14.1. The minimum atomic E-state index is -1.67. The SMILES string of the molecule is CC(C)n1ccn(-c2ccccc2C(O)C(=O)O)c1=O. The molecule has 1 heterocycles. The maximum Gasteiger partial charge on any atom is 0.337 e. The number of carboxylic acid groups (broad SMARTS) is 1. The van der Waals surface area contributed by atoms with Crippen molar-refractivity contribution in [1.29, 1.82) is 0 Å². The molecule has 2 aromatic rings. The van der Waals surface area contributed by atoms with Crippen LogP contribution in [0.3, 0.4) is 0 Å². The number of benzene rings is 1. The van der Waals surface area contributed by atoms with Crippen molar-refractivity contribution in [3.8, 4) is 5.69 Å². The molecule has 0 bridgehead atoms. The zero-order valence-electron chi connectivity index (χ0n) is 11.2. The minimum Gasteiger partial charge on any atom is -0.479 e. The first-order chi connectivity index (χ1) is 9.43. The molecule has 0 aliphatic carbocycles. The van der Waals surface area contributed by atoms with Crippen molar-refractivity contribution in [3.05, 3.63) is 52.7 Å². The summed E-state index contributed by atoms with van der Waals surface area (Å²) in [5.74, 6) is -1.35. The first-order valence-electron chi connectivity index (χ1n) is 6.23. The number of rotatable bonds is 4. The molecule has 0 fully saturated rings. The van der Waals surface area contributed by atoms with E-state index in [9.17, 15) is 14.7 Å². The van der Waals surface area contributed by atoms with E-state index in [1.807, 2.05) is 13.8 Å². The molecule has 0 aliphatic rings. The van der Waals surface area contributed by atoms with E-state index in [1.54, 1.807) is 30.6 Å². The van der Waals surface area contributed by atoms with Gasteiger partial charge in [-0.1, -0.05) is 18.2 Å². The number of aromatic nitrogens is 2. The second-order valence-corrected chi connectivity index (χ2v) is 4.75. The monoisotopic (exact) mass is 276 g/mol. The number of hydrogen-bond donors (Lipinski definition) is 2. The van der Waals surface area contributed by atoms with Crippen molar-refractivity contribution in [2.24, 2.45) is 0 Å². The zero-order chi connectivity index (χ0) is 14.9. The van der Waals surface area contributed by atoms with Crippen LogP contribution >= 0.6 is 0 Å². The largest absolute Gasteiger partial charge is 0.479 e. The van der Waals surface area contributed by atoms with Crippen LogP contribution in [0.15, 0.2) is 41.5 Å². The third-order valence-corrected chi connectivity index (χ3v) is 3.08. The molecule has 1 aromatic heterocycles. The van der Waals surface area contributed by atoms with Gasteiger partial charge in [0.25, 0.3) is 0 Å². The Morgan fingerprint density at radius 1 is 1.20 bits per heavy atom. The summed E-state index contributed by atoms with van der Waals surface area (Å²) in [5.41, 5.74) is 0.278. The normalized spacial score (nSPS) is 12.6. The van der Waals surface area contributed by atoms with Gasteiger partial charge in [0.15, 0.2) is 6.10 Å². The molecule has 2 N–H and O–H groups in total. The molecular weight excluding hydrogens is 260 g/mol. The molecule has 106 valence electrons. The van der Waals surface area contributed by atoms with E-state index in [1.165, 1.54) is 15.2 Å². The number of nitrogens with zero attached hydrogens (tertiary/aromatic N) is 2. The van der Waals surface area contributed by atoms with E-state index in [2.05, 4.69) is 0 Å². The molecule has 0 saturated carbocycles. The number of aliphatic hydroxyl groups is 1. The van der Waals surface area contributed by atoms with Gasteiger partial charge in [0.1, 0.15) is 0 Å². The molecule has 0 spiro atoms. The summed E-state index contributed by atoms with van der Waals surface area (Å²) < 4.78 is 2.87. The molecule has 1 unspecified atom stereocenters. The molecule has 1 atom stereocenters. The van der Waals surface area contributed by atoms with Crippen molar-refractivity contribution >= 4 is 5.97 Å². The van der Waals surface area contributed by atoms with Crippen LogP contribution < -0.4 is 5.69 Å². The lowest BCUT2D eigenvalue weighted by molar-refractivity contribution is -0.146. The van der Waals surface area contributed by atoms with E-state index in [4.69, 9.17) is 5.11 Å². The van der Waals surface area contributed by atoms with E-state index in [-0.39, 0.29) is 17.3 Å². The van der Waals surface area contributed by atoms with Crippen LogP contribution in [0.5, 0.6) is 0 Å². The van der Waals surface area contributed by atoms with Crippen LogP contribution in [0, 0.1) is 0 Å². The highest BCUT2D eigenvalue weighted by molar-refractivity contribution is 5.75. The van der Waals surface area contributed by atoms with Crippen LogP contribution in [-0.2, 0) is 4.79 Å². The fraction of sp³-hybridized carbons (Fsp3) is 0.286. The molecule has 0 aliphatic heterocycles. The van der Waals surface area contributed by atoms with Gasteiger partial charge in [-0.25, -0.2) is 9.59 Å². The van der Waals surface area contributed by atoms with Gasteiger partial charge >= 0.3 is 11.7 Å². The lowest BCUT2D eigenvalue weighted by Crippen LogP contribution is -2.25. The van der Waals surface area contributed by atoms with Gasteiger partial charge in [0.05, 0.1) is 5.69 Å². The predicted octanol–water partition coefficient (Wildman–Crippen LogP) is 1.34. The Morgan fingerprint density at radius 2 is 1.85 bits per heavy atom. The summed E-state index contributed by atoms with van der Waals surface area (Å²) in [6, 6.07) is 6.41. The van der Waals surface area contributed by atoms with Gasteiger partial charge in [-0.05, 0) is 19.9 Å². The summed E-state index contributed by atoms with van der Waals surface area (Å²) >= 11 is 0. The Hall–Kier alpha value is -2.34. The van der Waals surface area contributed by atoms with Gasteiger partial charge in [0, 0.05) is 24.0 Å². The summed E-state index contributed by atoms with van der Waals surface area (Å²) in [4.78, 5) is 23.2. The molecule has 0 amide bonds. The molecule has 0 radical (unpaired) electrons. The smallest absolute Gasteiger partial charge is 0.337 e. The van der Waals surface area contributed by atoms with Crippen LogP contribution in [0.1, 0.15) is 31.6 Å². The highest BCUT2D eigenvalue weighted by Crippen LogP contribution is 2.21. The highest BCUT2D eigenvalue weighted by Gasteiger charge is 2.21. The van der Waals surface area contributed by atoms with Gasteiger partial charge in [-0.15, -0.1) is 0 Å². The lowest BCUT2D eigenvalue weighted by Gasteiger charge is -2.12. The molecular formula is C14H16N2O4. The topological polar surface area (TPSA) is 84.5 Å². The number of aliphatic carboxylic acids is 1. The fourth-order valence-electron chi connectivity index (χ4n) is 2.04. The summed E-state index contributed by atoms with van der Waals surface area (Å²) in [7, 11) is 0. The molecule has 20 heavy (non-hydrogen) atoms. The van der Waals surface area contributed by atoms with Gasteiger partial charge in [-0.3, -0.25) is 9.13 Å². The number of hydrogen-bond acceptors (Lipinski definition) is 3. The third kappa shape index (κ3) is 2.37. The van der Waals surface area contributed by atoms with Gasteiger partial charge in [-0.2, -0.15) is 0 Å². The van der Waals surface area contributed by atoms with E-state index >= 15 is 0 Å². The number of para-hydroxylation sites is 1. The van der Waals surface area contributed by atoms with Crippen molar-refractivity contribution in [1.82, 2.24) is 9.13 Å². The second kappa shape index (κ2) is 5.34. The molecule has 1 aromatic carbocycles. The van der Waals surface area contributed by atoms with Crippen molar-refractivity contribution < 1.29 is 15.0 Å². The van der Waals surface area contributed by atoms with Crippen LogP contribution in [-0.4, -0.2) is 25.3 Å². The average molecular weight is 276 g/mol. The van der Waals surface area contributed by atoms with Crippen LogP contribution in [0.25, 0.3) is 5.69 Å². The summed E-state index contributed by atoms with van der Waals surface area (Å²) in [6.07, 6.45) is 1.53. The first-order valence-corrected chi connectivity index (χ1v) is 6.23. The van der Waals surface area contributed by atoms with E-state index < -0.39 is 12.1 Å². The Morgan fingerprint density at radius 3 is 2.40 bits per heavy atom. The van der Waals surface area contributed by atoms with Gasteiger partial charge < -0.3 is 10.2 Å². The van der Waals surface area contributed by atoms with Crippen LogP contribution in [0.2, 0.25) is 0 Å². The molecule has 6 heteroatoms. The maximum absolute atomic E-state index is 12.3. The number of aliphatic hydroxyl groups excluding tert-OH is 1. The van der Waals surface area contributed by atoms with Crippen molar-refractivity contribution in [2.45, 2.75) is 26.0 Å². The number of imidazole rings is 1. The van der Waals surface area contributed by atoms with Gasteiger partial charge in [0.2, 0.25) is 0 Å². The van der Waals surface area contributed by atoms with E-state index in [0.717, 1.165) is 0 Å². The molecule has 2 rings (SSSR count). The quantitative estimate of drug-likeness (QED) is 0.882. The Labute approximate surface area is 115 Å². The third-order valence-electron chi connectivity index (χ3n) is 3.08. The second-order valence-electron chi connectivity index (χ2n) is 4.75. The Balaban J connectivity index is 2.60. The average Bonchev–Trinajstić information content (AvgIpc) is 2.79. The number of carbonyl (C=O) groups is 1. The fourth-order valence-corrected chi connectivity index (χ4v) is 2.04. The zero-order valence-corrected chi connectivity index (χ0v) is 11.2.